The van der Waals surface area contributed by atoms with Gasteiger partial charge in [0.05, 0.1) is 5.02 Å². The number of carbonyl (C=O) groups is 1. The van der Waals surface area contributed by atoms with Crippen molar-refractivity contribution >= 4 is 44.7 Å². The molecule has 4 heteroatoms. The van der Waals surface area contributed by atoms with Crippen LogP contribution in [0.25, 0.3) is 0 Å². The van der Waals surface area contributed by atoms with Crippen LogP contribution >= 0.6 is 38.9 Å². The van der Waals surface area contributed by atoms with Crippen LogP contribution in [0, 0.1) is 6.92 Å². The molecule has 2 aromatic rings. The van der Waals surface area contributed by atoms with E-state index in [-0.39, 0.29) is 10.6 Å². The normalized spacial score (nSPS) is 12.4. The predicted octanol–water partition coefficient (Wildman–Crippen LogP) is 5.03. The Morgan fingerprint density at radius 2 is 2.12 bits per heavy atom. The number of thiophene rings is 1. The lowest BCUT2D eigenvalue weighted by Gasteiger charge is -2.08. The van der Waals surface area contributed by atoms with E-state index in [4.69, 9.17) is 11.6 Å². The first kappa shape index (κ1) is 12.8. The first-order valence-electron chi connectivity index (χ1n) is 5.07. The summed E-state index contributed by atoms with van der Waals surface area (Å²) in [4.78, 5) is 12.9. The summed E-state index contributed by atoms with van der Waals surface area (Å²) < 4.78 is 0. The third-order valence-electron chi connectivity index (χ3n) is 2.37. The molecular weight excluding hydrogens is 320 g/mol. The number of ketones is 1. The van der Waals surface area contributed by atoms with E-state index >= 15 is 0 Å². The number of hydrogen-bond donors (Lipinski definition) is 0. The average molecular weight is 330 g/mol. The van der Waals surface area contributed by atoms with Crippen molar-refractivity contribution in [2.75, 3.05) is 0 Å². The molecule has 0 radical (unpaired) electrons. The highest BCUT2D eigenvalue weighted by atomic mass is 79.9. The van der Waals surface area contributed by atoms with Crippen LogP contribution in [-0.4, -0.2) is 5.78 Å². The minimum Gasteiger partial charge on any atom is -0.292 e. The summed E-state index contributed by atoms with van der Waals surface area (Å²) in [5, 5.41) is 2.53. The highest BCUT2D eigenvalue weighted by Crippen LogP contribution is 2.33. The third kappa shape index (κ3) is 2.79. The van der Waals surface area contributed by atoms with Gasteiger partial charge in [0.1, 0.15) is 4.83 Å². The van der Waals surface area contributed by atoms with Gasteiger partial charge in [-0.3, -0.25) is 4.79 Å². The molecule has 0 aliphatic heterocycles. The highest BCUT2D eigenvalue weighted by molar-refractivity contribution is 9.09. The third-order valence-corrected chi connectivity index (χ3v) is 5.03. The van der Waals surface area contributed by atoms with E-state index in [1.54, 1.807) is 23.5 Å². The molecule has 0 aliphatic rings. The lowest BCUT2D eigenvalue weighted by atomic mass is 10.1. The van der Waals surface area contributed by atoms with Crippen molar-refractivity contribution in [1.29, 1.82) is 0 Å². The molecule has 88 valence electrons. The van der Waals surface area contributed by atoms with Gasteiger partial charge < -0.3 is 0 Å². The summed E-state index contributed by atoms with van der Waals surface area (Å²) in [7, 11) is 0. The van der Waals surface area contributed by atoms with Crippen LogP contribution in [0.2, 0.25) is 5.02 Å². The summed E-state index contributed by atoms with van der Waals surface area (Å²) >= 11 is 11.0. The molecule has 0 saturated carbocycles. The van der Waals surface area contributed by atoms with Crippen LogP contribution in [-0.2, 0) is 0 Å². The number of hydrogen-bond acceptors (Lipinski definition) is 2. The SMILES string of the molecule is Cc1csc(C(Br)C(=O)c2ccccc2Cl)c1. The van der Waals surface area contributed by atoms with Crippen LogP contribution in [0.1, 0.15) is 25.6 Å². The van der Waals surface area contributed by atoms with E-state index in [2.05, 4.69) is 15.9 Å². The first-order chi connectivity index (χ1) is 8.09. The molecule has 0 aliphatic carbocycles. The van der Waals surface area contributed by atoms with Crippen molar-refractivity contribution < 1.29 is 4.79 Å². The summed E-state index contributed by atoms with van der Waals surface area (Å²) in [6.45, 7) is 2.01. The Labute approximate surface area is 118 Å². The molecule has 0 amide bonds. The number of Topliss-reactive ketones (excluding diaryl/α,β-unsaturated/α-hetero) is 1. The molecule has 1 aromatic heterocycles. The number of benzene rings is 1. The van der Waals surface area contributed by atoms with Gasteiger partial charge in [-0.1, -0.05) is 39.7 Å². The van der Waals surface area contributed by atoms with Gasteiger partial charge in [0.15, 0.2) is 5.78 Å². The quantitative estimate of drug-likeness (QED) is 0.570. The van der Waals surface area contributed by atoms with Crippen LogP contribution in [0.5, 0.6) is 0 Å². The fraction of sp³-hybridized carbons (Fsp3) is 0.154. The molecular formula is C13H10BrClOS. The second kappa shape index (κ2) is 5.34. The number of aryl methyl sites for hydroxylation is 1. The van der Waals surface area contributed by atoms with Crippen LogP contribution in [0.15, 0.2) is 35.7 Å². The summed E-state index contributed by atoms with van der Waals surface area (Å²) in [6.07, 6.45) is 0. The topological polar surface area (TPSA) is 17.1 Å². The molecule has 1 heterocycles. The second-order valence-corrected chi connectivity index (χ2v) is 6.00. The van der Waals surface area contributed by atoms with Crippen molar-refractivity contribution in [3.05, 3.63) is 56.7 Å². The summed E-state index contributed by atoms with van der Waals surface area (Å²) in [5.74, 6) is -0.00236. The van der Waals surface area contributed by atoms with E-state index in [0.717, 1.165) is 4.88 Å². The van der Waals surface area contributed by atoms with E-state index in [0.29, 0.717) is 10.6 Å². The van der Waals surface area contributed by atoms with Crippen LogP contribution in [0.4, 0.5) is 0 Å². The Morgan fingerprint density at radius 3 is 2.71 bits per heavy atom. The van der Waals surface area contributed by atoms with Gasteiger partial charge >= 0.3 is 0 Å². The van der Waals surface area contributed by atoms with Gasteiger partial charge in [-0.2, -0.15) is 0 Å². The molecule has 0 fully saturated rings. The van der Waals surface area contributed by atoms with Crippen molar-refractivity contribution in [3.8, 4) is 0 Å². The zero-order chi connectivity index (χ0) is 12.4. The number of halogens is 2. The molecule has 17 heavy (non-hydrogen) atoms. The maximum absolute atomic E-state index is 12.3. The number of rotatable bonds is 3. The fourth-order valence-corrected chi connectivity index (χ4v) is 3.31. The average Bonchev–Trinajstić information content (AvgIpc) is 2.75. The number of carbonyl (C=O) groups excluding carboxylic acids is 1. The smallest absolute Gasteiger partial charge is 0.183 e. The van der Waals surface area contributed by atoms with Crippen LogP contribution < -0.4 is 0 Å². The van der Waals surface area contributed by atoms with E-state index < -0.39 is 0 Å². The molecule has 2 rings (SSSR count). The maximum Gasteiger partial charge on any atom is 0.183 e. The largest absolute Gasteiger partial charge is 0.292 e. The van der Waals surface area contributed by atoms with Crippen LogP contribution in [0.3, 0.4) is 0 Å². The van der Waals surface area contributed by atoms with Gasteiger partial charge in [0.2, 0.25) is 0 Å². The minimum absolute atomic E-state index is 0.00236. The highest BCUT2D eigenvalue weighted by Gasteiger charge is 2.21. The van der Waals surface area contributed by atoms with E-state index in [1.165, 1.54) is 5.56 Å². The zero-order valence-corrected chi connectivity index (χ0v) is 12.3. The van der Waals surface area contributed by atoms with Crippen molar-refractivity contribution in [2.45, 2.75) is 11.8 Å². The van der Waals surface area contributed by atoms with E-state index in [9.17, 15) is 4.79 Å². The molecule has 0 N–H and O–H groups in total. The molecule has 0 spiro atoms. The van der Waals surface area contributed by atoms with Crippen molar-refractivity contribution in [2.24, 2.45) is 0 Å². The fourth-order valence-electron chi connectivity index (χ4n) is 1.51. The number of alkyl halides is 1. The zero-order valence-electron chi connectivity index (χ0n) is 9.11. The van der Waals surface area contributed by atoms with Gasteiger partial charge in [0, 0.05) is 10.4 Å². The minimum atomic E-state index is -0.318. The Morgan fingerprint density at radius 1 is 1.41 bits per heavy atom. The Balaban J connectivity index is 2.30. The van der Waals surface area contributed by atoms with Crippen molar-refractivity contribution in [1.82, 2.24) is 0 Å². The summed E-state index contributed by atoms with van der Waals surface area (Å²) in [6, 6.07) is 9.13. The molecule has 1 unspecified atom stereocenters. The van der Waals surface area contributed by atoms with Gasteiger partial charge in [-0.05, 0) is 36.1 Å². The molecule has 1 nitrogen and oxygen atoms in total. The molecule has 1 atom stereocenters. The lowest BCUT2D eigenvalue weighted by Crippen LogP contribution is -2.06. The monoisotopic (exact) mass is 328 g/mol. The predicted molar refractivity (Wildman–Crippen MR) is 76.5 cm³/mol. The van der Waals surface area contributed by atoms with Gasteiger partial charge in [0.25, 0.3) is 0 Å². The summed E-state index contributed by atoms with van der Waals surface area (Å²) in [5.41, 5.74) is 1.73. The van der Waals surface area contributed by atoms with E-state index in [1.807, 2.05) is 30.5 Å². The first-order valence-corrected chi connectivity index (χ1v) is 7.25. The van der Waals surface area contributed by atoms with Gasteiger partial charge in [-0.15, -0.1) is 11.3 Å². The maximum atomic E-state index is 12.3. The second-order valence-electron chi connectivity index (χ2n) is 3.73. The molecule has 0 saturated heterocycles. The Hall–Kier alpha value is -0.640. The van der Waals surface area contributed by atoms with Crippen molar-refractivity contribution in [3.63, 3.8) is 0 Å². The Kier molecular flexibility index (Phi) is 4.02. The molecule has 1 aromatic carbocycles. The lowest BCUT2D eigenvalue weighted by molar-refractivity contribution is 0.0992. The standard InChI is InChI=1S/C13H10BrClOS/c1-8-6-11(17-7-8)12(14)13(16)9-4-2-3-5-10(9)15/h2-7,12H,1H3. The Bertz CT molecular complexity index is 550. The molecule has 0 bridgehead atoms. The van der Waals surface area contributed by atoms with Gasteiger partial charge in [-0.25, -0.2) is 0 Å².